The fraction of sp³-hybridized carbons (Fsp3) is 0.412. The van der Waals surface area contributed by atoms with E-state index in [0.717, 1.165) is 4.90 Å². The topological polar surface area (TPSA) is 99.2 Å². The van der Waals surface area contributed by atoms with Crippen molar-refractivity contribution in [3.8, 4) is 0 Å². The van der Waals surface area contributed by atoms with Crippen LogP contribution in [0.25, 0.3) is 0 Å². The van der Waals surface area contributed by atoms with Crippen LogP contribution in [-0.2, 0) is 23.8 Å². The minimum atomic E-state index is -1.18. The second kappa shape index (κ2) is 8.00. The number of rotatable bonds is 8. The lowest BCUT2D eigenvalue weighted by Gasteiger charge is -2.23. The molecule has 2 amide bonds. The summed E-state index contributed by atoms with van der Waals surface area (Å²) in [6.07, 6.45) is -1.17. The van der Waals surface area contributed by atoms with Gasteiger partial charge in [0.05, 0.1) is 17.7 Å². The third-order valence-electron chi connectivity index (χ3n) is 3.78. The Morgan fingerprint density at radius 2 is 1.60 bits per heavy atom. The van der Waals surface area contributed by atoms with Crippen LogP contribution in [-0.4, -0.2) is 68.0 Å². The monoisotopic (exact) mass is 349 g/mol. The zero-order chi connectivity index (χ0) is 18.6. The number of fused-ring (bicyclic) bond motifs is 1. The van der Waals surface area contributed by atoms with Gasteiger partial charge in [0.1, 0.15) is 12.6 Å². The maximum atomic E-state index is 12.4. The highest BCUT2D eigenvalue weighted by Gasteiger charge is 2.42. The van der Waals surface area contributed by atoms with E-state index in [1.807, 2.05) is 0 Å². The largest absolute Gasteiger partial charge is 0.450 e. The third kappa shape index (κ3) is 3.75. The zero-order valence-electron chi connectivity index (χ0n) is 14.2. The molecule has 2 atom stereocenters. The summed E-state index contributed by atoms with van der Waals surface area (Å²) in [6, 6.07) is 5.12. The first kappa shape index (κ1) is 18.8. The van der Waals surface area contributed by atoms with Gasteiger partial charge < -0.3 is 14.2 Å². The summed E-state index contributed by atoms with van der Waals surface area (Å²) in [5.41, 5.74) is 0.465. The van der Waals surface area contributed by atoms with Gasteiger partial charge in [-0.15, -0.1) is 0 Å². The molecule has 1 aliphatic rings. The van der Waals surface area contributed by atoms with Gasteiger partial charge in [-0.2, -0.15) is 0 Å². The van der Waals surface area contributed by atoms with Crippen molar-refractivity contribution >= 4 is 23.6 Å². The fourth-order valence-electron chi connectivity index (χ4n) is 2.48. The number of esters is 1. The second-order valence-corrected chi connectivity index (χ2v) is 5.48. The van der Waals surface area contributed by atoms with Gasteiger partial charge in [0.15, 0.2) is 6.10 Å². The van der Waals surface area contributed by atoms with E-state index in [1.165, 1.54) is 33.3 Å². The molecule has 1 aromatic rings. The van der Waals surface area contributed by atoms with Gasteiger partial charge in [0.2, 0.25) is 5.78 Å². The first-order valence-electron chi connectivity index (χ1n) is 7.60. The molecule has 0 N–H and O–H groups in total. The summed E-state index contributed by atoms with van der Waals surface area (Å²) in [5, 5.41) is 0. The lowest BCUT2D eigenvalue weighted by molar-refractivity contribution is -0.162. The number of nitrogens with zero attached hydrogens (tertiary/aromatic N) is 1. The second-order valence-electron chi connectivity index (χ2n) is 5.48. The fourth-order valence-corrected chi connectivity index (χ4v) is 2.48. The molecule has 0 unspecified atom stereocenters. The molecule has 1 heterocycles. The number of methoxy groups -OCH3 is 2. The lowest BCUT2D eigenvalue weighted by atomic mass is 10.1. The molecule has 0 radical (unpaired) electrons. The van der Waals surface area contributed by atoms with E-state index in [4.69, 9.17) is 14.2 Å². The molecule has 0 bridgehead atoms. The molecule has 1 aromatic carbocycles. The Bertz CT molecular complexity index is 665. The molecule has 134 valence electrons. The van der Waals surface area contributed by atoms with Gasteiger partial charge in [-0.3, -0.25) is 19.3 Å². The third-order valence-corrected chi connectivity index (χ3v) is 3.78. The van der Waals surface area contributed by atoms with E-state index in [0.29, 0.717) is 0 Å². The van der Waals surface area contributed by atoms with Crippen molar-refractivity contribution in [1.82, 2.24) is 4.90 Å². The summed E-state index contributed by atoms with van der Waals surface area (Å²) in [5.74, 6) is -2.50. The van der Waals surface area contributed by atoms with Crippen molar-refractivity contribution in [2.24, 2.45) is 0 Å². The van der Waals surface area contributed by atoms with E-state index < -0.39 is 35.7 Å². The first-order valence-corrected chi connectivity index (χ1v) is 7.60. The van der Waals surface area contributed by atoms with Crippen LogP contribution < -0.4 is 0 Å². The van der Waals surface area contributed by atoms with E-state index in [1.54, 1.807) is 12.1 Å². The average molecular weight is 349 g/mol. The number of carbonyl (C=O) groups excluding carboxylic acids is 4. The molecule has 8 nitrogen and oxygen atoms in total. The first-order chi connectivity index (χ1) is 11.9. The highest BCUT2D eigenvalue weighted by atomic mass is 16.6. The number of benzene rings is 1. The summed E-state index contributed by atoms with van der Waals surface area (Å²) < 4.78 is 14.7. The number of ketones is 1. The number of carbonyl (C=O) groups is 4. The number of ether oxygens (including phenoxy) is 3. The molecule has 0 saturated heterocycles. The van der Waals surface area contributed by atoms with E-state index in [9.17, 15) is 19.2 Å². The predicted octanol–water partition coefficient (Wildman–Crippen LogP) is 0.445. The summed E-state index contributed by atoms with van der Waals surface area (Å²) in [4.78, 5) is 49.8. The van der Waals surface area contributed by atoms with Crippen LogP contribution in [0.4, 0.5) is 0 Å². The van der Waals surface area contributed by atoms with Crippen LogP contribution in [0.5, 0.6) is 0 Å². The predicted molar refractivity (Wildman–Crippen MR) is 85.0 cm³/mol. The van der Waals surface area contributed by atoms with E-state index in [2.05, 4.69) is 0 Å². The Labute approximate surface area is 144 Å². The number of Topliss-reactive ketones (excluding diaryl/α,β-unsaturated/α-hetero) is 1. The Kier molecular flexibility index (Phi) is 6.00. The van der Waals surface area contributed by atoms with E-state index in [-0.39, 0.29) is 24.3 Å². The van der Waals surface area contributed by atoms with Crippen molar-refractivity contribution in [2.45, 2.75) is 19.1 Å². The lowest BCUT2D eigenvalue weighted by Crippen LogP contribution is -2.46. The van der Waals surface area contributed by atoms with Gasteiger partial charge in [-0.1, -0.05) is 12.1 Å². The van der Waals surface area contributed by atoms with Gasteiger partial charge in [-0.05, 0) is 19.1 Å². The maximum Gasteiger partial charge on any atom is 0.329 e. The minimum absolute atomic E-state index is 0.150. The zero-order valence-corrected chi connectivity index (χ0v) is 14.2. The highest BCUT2D eigenvalue weighted by Crippen LogP contribution is 2.25. The van der Waals surface area contributed by atoms with Gasteiger partial charge in [0.25, 0.3) is 11.8 Å². The summed E-state index contributed by atoms with van der Waals surface area (Å²) in [6.45, 7) is 0.972. The average Bonchev–Trinajstić information content (AvgIpc) is 2.85. The van der Waals surface area contributed by atoms with Crippen molar-refractivity contribution < 1.29 is 33.4 Å². The van der Waals surface area contributed by atoms with Crippen molar-refractivity contribution in [2.75, 3.05) is 27.4 Å². The Hall–Kier alpha value is -2.58. The molecule has 0 saturated carbocycles. The molecule has 2 rings (SSSR count). The summed E-state index contributed by atoms with van der Waals surface area (Å²) in [7, 11) is 2.69. The van der Waals surface area contributed by atoms with Crippen molar-refractivity contribution in [1.29, 1.82) is 0 Å². The van der Waals surface area contributed by atoms with Crippen molar-refractivity contribution in [3.63, 3.8) is 0 Å². The standard InChI is InChI=1S/C17H19NO7/c1-10(17(22)25-14(9-24-3)13(19)8-23-2)18-15(20)11-6-4-5-7-12(11)16(18)21/h4-7,10,14H,8-9H2,1-3H3/t10-,14+/m0/s1. The van der Waals surface area contributed by atoms with Gasteiger partial charge >= 0.3 is 5.97 Å². The smallest absolute Gasteiger partial charge is 0.329 e. The highest BCUT2D eigenvalue weighted by molar-refractivity contribution is 6.22. The molecule has 8 heteroatoms. The number of hydrogen-bond acceptors (Lipinski definition) is 7. The number of amides is 2. The van der Waals surface area contributed by atoms with Crippen LogP contribution in [0.1, 0.15) is 27.6 Å². The Morgan fingerprint density at radius 3 is 2.08 bits per heavy atom. The molecule has 0 aromatic heterocycles. The van der Waals surface area contributed by atoms with Crippen LogP contribution in [0.15, 0.2) is 24.3 Å². The number of hydrogen-bond donors (Lipinski definition) is 0. The molecule has 0 aliphatic carbocycles. The molecule has 25 heavy (non-hydrogen) atoms. The summed E-state index contributed by atoms with van der Waals surface area (Å²) >= 11 is 0. The van der Waals surface area contributed by atoms with Crippen LogP contribution in [0.2, 0.25) is 0 Å². The maximum absolute atomic E-state index is 12.4. The normalized spacial score (nSPS) is 15.7. The van der Waals surface area contributed by atoms with Gasteiger partial charge in [0, 0.05) is 14.2 Å². The van der Waals surface area contributed by atoms with Crippen molar-refractivity contribution in [3.05, 3.63) is 35.4 Å². The van der Waals surface area contributed by atoms with Crippen LogP contribution in [0, 0.1) is 0 Å². The molecule has 0 spiro atoms. The molecular weight excluding hydrogens is 330 g/mol. The molecular formula is C17H19NO7. The van der Waals surface area contributed by atoms with Gasteiger partial charge in [-0.25, -0.2) is 4.79 Å². The SMILES string of the molecule is COCC(=O)[C@@H](COC)OC(=O)[C@H](C)N1C(=O)c2ccccc2C1=O. The van der Waals surface area contributed by atoms with Crippen LogP contribution >= 0.6 is 0 Å². The number of imide groups is 1. The Morgan fingerprint density at radius 1 is 1.04 bits per heavy atom. The molecule has 0 fully saturated rings. The quantitative estimate of drug-likeness (QED) is 0.496. The minimum Gasteiger partial charge on any atom is -0.450 e. The van der Waals surface area contributed by atoms with Crippen LogP contribution in [0.3, 0.4) is 0 Å². The van der Waals surface area contributed by atoms with E-state index >= 15 is 0 Å². The Balaban J connectivity index is 2.13. The molecule has 1 aliphatic heterocycles.